The number of rotatable bonds is 4. The van der Waals surface area contributed by atoms with Gasteiger partial charge in [-0.3, -0.25) is 9.55 Å². The standard InChI is InChI=1S/C43H27N5/c1-3-12-28(13-4-1)42-34-24-25-44-27-36(34)45-43(46-42)48-38-20-10-8-17-35(38)41-31(18-11-21-39(41)48)29-22-23-33-32-16-7-9-19-37(32)47(40(33)26-29)30-14-5-2-6-15-30/h1-27H. The Morgan fingerprint density at radius 3 is 1.96 bits per heavy atom. The summed E-state index contributed by atoms with van der Waals surface area (Å²) >= 11 is 0. The van der Waals surface area contributed by atoms with Crippen LogP contribution in [0.15, 0.2) is 164 Å². The van der Waals surface area contributed by atoms with Crippen molar-refractivity contribution < 1.29 is 0 Å². The van der Waals surface area contributed by atoms with E-state index in [1.54, 1.807) is 6.20 Å². The summed E-state index contributed by atoms with van der Waals surface area (Å²) in [5.74, 6) is 0.623. The molecular weight excluding hydrogens is 587 g/mol. The average molecular weight is 614 g/mol. The van der Waals surface area contributed by atoms with Gasteiger partial charge in [0.1, 0.15) is 0 Å². The summed E-state index contributed by atoms with van der Waals surface area (Å²) < 4.78 is 4.58. The van der Waals surface area contributed by atoms with Crippen molar-refractivity contribution in [3.8, 4) is 34.0 Å². The summed E-state index contributed by atoms with van der Waals surface area (Å²) in [4.78, 5) is 14.8. The van der Waals surface area contributed by atoms with Crippen LogP contribution in [0.3, 0.4) is 0 Å². The number of nitrogens with zero attached hydrogens (tertiary/aromatic N) is 5. The summed E-state index contributed by atoms with van der Waals surface area (Å²) in [5, 5.41) is 5.78. The lowest BCUT2D eigenvalue weighted by Crippen LogP contribution is -2.03. The van der Waals surface area contributed by atoms with E-state index in [4.69, 9.17) is 9.97 Å². The molecule has 0 unspecified atom stereocenters. The van der Waals surface area contributed by atoms with Crippen LogP contribution >= 0.6 is 0 Å². The summed E-state index contributed by atoms with van der Waals surface area (Å²) in [6.45, 7) is 0. The zero-order chi connectivity index (χ0) is 31.6. The summed E-state index contributed by atoms with van der Waals surface area (Å²) in [6.07, 6.45) is 3.63. The summed E-state index contributed by atoms with van der Waals surface area (Å²) in [7, 11) is 0. The van der Waals surface area contributed by atoms with Gasteiger partial charge in [0.25, 0.3) is 0 Å². The van der Waals surface area contributed by atoms with E-state index in [0.717, 1.165) is 49.8 Å². The molecular formula is C43H27N5. The van der Waals surface area contributed by atoms with Crippen LogP contribution in [0, 0.1) is 0 Å². The van der Waals surface area contributed by atoms with Gasteiger partial charge in [-0.25, -0.2) is 9.97 Å². The number of hydrogen-bond donors (Lipinski definition) is 0. The number of aromatic nitrogens is 5. The Labute approximate surface area is 276 Å². The first-order valence-electron chi connectivity index (χ1n) is 16.1. The molecule has 4 heterocycles. The third-order valence-electron chi connectivity index (χ3n) is 9.43. The van der Waals surface area contributed by atoms with Crippen molar-refractivity contribution in [3.05, 3.63) is 164 Å². The van der Waals surface area contributed by atoms with Crippen molar-refractivity contribution in [2.24, 2.45) is 0 Å². The Morgan fingerprint density at radius 1 is 0.438 bits per heavy atom. The summed E-state index contributed by atoms with van der Waals surface area (Å²) in [5.41, 5.74) is 10.7. The van der Waals surface area contributed by atoms with Crippen LogP contribution in [-0.2, 0) is 0 Å². The number of para-hydroxylation sites is 3. The highest BCUT2D eigenvalue weighted by Crippen LogP contribution is 2.41. The number of benzene rings is 6. The second-order valence-electron chi connectivity index (χ2n) is 12.1. The van der Waals surface area contributed by atoms with Gasteiger partial charge in [-0.05, 0) is 53.6 Å². The van der Waals surface area contributed by atoms with Crippen molar-refractivity contribution in [2.45, 2.75) is 0 Å². The number of hydrogen-bond acceptors (Lipinski definition) is 3. The Kier molecular flexibility index (Phi) is 5.81. The Bertz CT molecular complexity index is 2830. The third kappa shape index (κ3) is 3.94. The predicted molar refractivity (Wildman–Crippen MR) is 197 cm³/mol. The molecule has 0 saturated heterocycles. The van der Waals surface area contributed by atoms with Crippen molar-refractivity contribution in [1.82, 2.24) is 24.1 Å². The van der Waals surface area contributed by atoms with Crippen LogP contribution in [0.1, 0.15) is 0 Å². The van der Waals surface area contributed by atoms with Crippen LogP contribution in [0.25, 0.3) is 88.5 Å². The first-order chi connectivity index (χ1) is 23.8. The number of fused-ring (bicyclic) bond motifs is 7. The minimum atomic E-state index is 0.623. The molecule has 0 amide bonds. The minimum Gasteiger partial charge on any atom is -0.309 e. The van der Waals surface area contributed by atoms with Gasteiger partial charge in [0.15, 0.2) is 0 Å². The van der Waals surface area contributed by atoms with Crippen molar-refractivity contribution >= 4 is 54.5 Å². The van der Waals surface area contributed by atoms with Crippen LogP contribution in [-0.4, -0.2) is 24.1 Å². The van der Waals surface area contributed by atoms with E-state index < -0.39 is 0 Å². The molecule has 0 atom stereocenters. The molecule has 0 saturated carbocycles. The summed E-state index contributed by atoms with van der Waals surface area (Å²) in [6, 6.07) is 53.6. The maximum atomic E-state index is 5.25. The van der Waals surface area contributed by atoms with Crippen molar-refractivity contribution in [2.75, 3.05) is 0 Å². The predicted octanol–water partition coefficient (Wildman–Crippen LogP) is 10.6. The molecule has 0 spiro atoms. The SMILES string of the molecule is c1ccc(-c2nc(-n3c4ccccc4c4c(-c5ccc6c7ccccc7n(-c7ccccc7)c6c5)cccc43)nc3cnccc23)cc1. The van der Waals surface area contributed by atoms with E-state index >= 15 is 0 Å². The monoisotopic (exact) mass is 613 g/mol. The topological polar surface area (TPSA) is 48.5 Å². The lowest BCUT2D eigenvalue weighted by atomic mass is 9.98. The molecule has 0 fully saturated rings. The molecule has 4 aromatic heterocycles. The highest BCUT2D eigenvalue weighted by molar-refractivity contribution is 6.17. The van der Waals surface area contributed by atoms with Gasteiger partial charge in [0.2, 0.25) is 5.95 Å². The Balaban J connectivity index is 1.26. The second kappa shape index (κ2) is 10.5. The highest BCUT2D eigenvalue weighted by atomic mass is 15.2. The highest BCUT2D eigenvalue weighted by Gasteiger charge is 2.20. The molecule has 0 aliphatic heterocycles. The molecule has 0 N–H and O–H groups in total. The third-order valence-corrected chi connectivity index (χ3v) is 9.43. The van der Waals surface area contributed by atoms with Gasteiger partial charge in [-0.15, -0.1) is 0 Å². The first-order valence-corrected chi connectivity index (χ1v) is 16.1. The molecule has 10 rings (SSSR count). The lowest BCUT2D eigenvalue weighted by molar-refractivity contribution is 1.01. The van der Waals surface area contributed by atoms with Crippen LogP contribution in [0.2, 0.25) is 0 Å². The fourth-order valence-electron chi connectivity index (χ4n) is 7.35. The quantitative estimate of drug-likeness (QED) is 0.198. The molecule has 10 aromatic rings. The van der Waals surface area contributed by atoms with Crippen molar-refractivity contribution in [3.63, 3.8) is 0 Å². The Hall–Kier alpha value is -6.59. The largest absolute Gasteiger partial charge is 0.309 e. The van der Waals surface area contributed by atoms with Gasteiger partial charge in [-0.2, -0.15) is 0 Å². The smallest absolute Gasteiger partial charge is 0.235 e. The van der Waals surface area contributed by atoms with Crippen LogP contribution in [0.5, 0.6) is 0 Å². The van der Waals surface area contributed by atoms with Gasteiger partial charge in [-0.1, -0.05) is 109 Å². The molecule has 48 heavy (non-hydrogen) atoms. The minimum absolute atomic E-state index is 0.623. The maximum Gasteiger partial charge on any atom is 0.235 e. The van der Waals surface area contributed by atoms with Crippen LogP contribution < -0.4 is 0 Å². The molecule has 0 radical (unpaired) electrons. The van der Waals surface area contributed by atoms with Crippen molar-refractivity contribution in [1.29, 1.82) is 0 Å². The molecule has 224 valence electrons. The van der Waals surface area contributed by atoms with Gasteiger partial charge in [0, 0.05) is 44.4 Å². The molecule has 0 aliphatic carbocycles. The molecule has 0 aliphatic rings. The zero-order valence-corrected chi connectivity index (χ0v) is 25.8. The number of pyridine rings is 1. The van der Waals surface area contributed by atoms with E-state index in [0.29, 0.717) is 5.95 Å². The van der Waals surface area contributed by atoms with Gasteiger partial charge < -0.3 is 4.57 Å². The van der Waals surface area contributed by atoms with E-state index in [-0.39, 0.29) is 0 Å². The second-order valence-corrected chi connectivity index (χ2v) is 12.1. The van der Waals surface area contributed by atoms with E-state index in [1.807, 2.05) is 30.5 Å². The van der Waals surface area contributed by atoms with Crippen LogP contribution in [0.4, 0.5) is 0 Å². The average Bonchev–Trinajstić information content (AvgIpc) is 3.68. The molecule has 0 bridgehead atoms. The fraction of sp³-hybridized carbons (Fsp3) is 0. The van der Waals surface area contributed by atoms with E-state index in [9.17, 15) is 0 Å². The Morgan fingerprint density at radius 2 is 1.12 bits per heavy atom. The molecule has 5 heteroatoms. The lowest BCUT2D eigenvalue weighted by Gasteiger charge is -2.12. The molecule has 5 nitrogen and oxygen atoms in total. The fourth-order valence-corrected chi connectivity index (χ4v) is 7.35. The van der Waals surface area contributed by atoms with Gasteiger partial charge >= 0.3 is 0 Å². The first kappa shape index (κ1) is 26.6. The zero-order valence-electron chi connectivity index (χ0n) is 25.8. The van der Waals surface area contributed by atoms with E-state index in [1.165, 1.54) is 32.8 Å². The van der Waals surface area contributed by atoms with E-state index in [2.05, 4.69) is 142 Å². The maximum absolute atomic E-state index is 5.25. The normalized spacial score (nSPS) is 11.8. The van der Waals surface area contributed by atoms with Gasteiger partial charge in [0.05, 0.1) is 39.5 Å². The molecule has 6 aromatic carbocycles.